The monoisotopic (exact) mass is 366 g/mol. The van der Waals surface area contributed by atoms with E-state index in [-0.39, 0.29) is 11.9 Å². The molecule has 2 rings (SSSR count). The maximum atomic E-state index is 12.8. The molecule has 0 saturated carbocycles. The quantitative estimate of drug-likeness (QED) is 0.723. The second-order valence-electron chi connectivity index (χ2n) is 8.47. The molecule has 3 heteroatoms. The number of hydrogen-bond acceptors (Lipinski definition) is 2. The topological polar surface area (TPSA) is 32.3 Å². The fraction of sp³-hybridized carbons (Fsp3) is 0.458. The smallest absolute Gasteiger partial charge is 0.251 e. The number of carbonyl (C=O) groups is 1. The van der Waals surface area contributed by atoms with Gasteiger partial charge < -0.3 is 10.2 Å². The molecule has 0 bridgehead atoms. The largest absolute Gasteiger partial charge is 0.348 e. The molecule has 1 amide bonds. The first-order valence-electron chi connectivity index (χ1n) is 9.91. The average Bonchev–Trinajstić information content (AvgIpc) is 2.60. The van der Waals surface area contributed by atoms with Crippen molar-refractivity contribution in [3.05, 3.63) is 59.7 Å². The summed E-state index contributed by atoms with van der Waals surface area (Å²) in [7, 11) is 4.07. The van der Waals surface area contributed by atoms with Crippen LogP contribution in [0.15, 0.2) is 48.5 Å². The molecule has 0 aliphatic heterocycles. The number of nitrogens with one attached hydrogen (secondary N) is 1. The third kappa shape index (κ3) is 6.51. The van der Waals surface area contributed by atoms with Crippen molar-refractivity contribution >= 4 is 5.91 Å². The first-order valence-corrected chi connectivity index (χ1v) is 9.91. The summed E-state index contributed by atoms with van der Waals surface area (Å²) in [6.07, 6.45) is 1.06. The zero-order valence-electron chi connectivity index (χ0n) is 17.6. The SMILES string of the molecule is CC(C)Cc1cccc(-c2cccc(C(=O)N[C@H](CN(C)C)C(C)C)c2)c1. The Hall–Kier alpha value is -2.13. The van der Waals surface area contributed by atoms with Gasteiger partial charge in [-0.25, -0.2) is 0 Å². The average molecular weight is 367 g/mol. The van der Waals surface area contributed by atoms with Crippen LogP contribution in [0.2, 0.25) is 0 Å². The van der Waals surface area contributed by atoms with Crippen LogP contribution < -0.4 is 5.32 Å². The lowest BCUT2D eigenvalue weighted by Gasteiger charge is -2.25. The predicted molar refractivity (Wildman–Crippen MR) is 115 cm³/mol. The maximum Gasteiger partial charge on any atom is 0.251 e. The Morgan fingerprint density at radius 2 is 1.59 bits per heavy atom. The van der Waals surface area contributed by atoms with Gasteiger partial charge >= 0.3 is 0 Å². The fourth-order valence-electron chi connectivity index (χ4n) is 3.26. The summed E-state index contributed by atoms with van der Waals surface area (Å²) in [5.74, 6) is 1.00. The summed E-state index contributed by atoms with van der Waals surface area (Å²) in [4.78, 5) is 14.9. The summed E-state index contributed by atoms with van der Waals surface area (Å²) in [6.45, 7) is 9.59. The van der Waals surface area contributed by atoms with Crippen LogP contribution in [-0.4, -0.2) is 37.5 Å². The van der Waals surface area contributed by atoms with Crippen LogP contribution in [0.4, 0.5) is 0 Å². The minimum atomic E-state index is -0.00395. The fourth-order valence-corrected chi connectivity index (χ4v) is 3.26. The molecular formula is C24H34N2O. The number of likely N-dealkylation sites (N-methyl/N-ethyl adjacent to an activating group) is 1. The summed E-state index contributed by atoms with van der Waals surface area (Å²) in [6, 6.07) is 16.7. The molecule has 0 aromatic heterocycles. The number of carbonyl (C=O) groups excluding carboxylic acids is 1. The van der Waals surface area contributed by atoms with E-state index in [0.29, 0.717) is 17.4 Å². The molecule has 0 heterocycles. The van der Waals surface area contributed by atoms with E-state index < -0.39 is 0 Å². The molecule has 0 fully saturated rings. The zero-order chi connectivity index (χ0) is 20.0. The third-order valence-corrected chi connectivity index (χ3v) is 4.71. The van der Waals surface area contributed by atoms with E-state index in [4.69, 9.17) is 0 Å². The van der Waals surface area contributed by atoms with Crippen LogP contribution in [0.25, 0.3) is 11.1 Å². The molecule has 1 atom stereocenters. The van der Waals surface area contributed by atoms with E-state index in [1.165, 1.54) is 5.56 Å². The number of nitrogens with zero attached hydrogens (tertiary/aromatic N) is 1. The summed E-state index contributed by atoms with van der Waals surface area (Å²) >= 11 is 0. The van der Waals surface area contributed by atoms with Crippen molar-refractivity contribution in [1.29, 1.82) is 0 Å². The Labute approximate surface area is 164 Å². The highest BCUT2D eigenvalue weighted by atomic mass is 16.1. The van der Waals surface area contributed by atoms with Crippen molar-refractivity contribution in [2.75, 3.05) is 20.6 Å². The molecule has 0 saturated heterocycles. The molecule has 146 valence electrons. The highest BCUT2D eigenvalue weighted by Crippen LogP contribution is 2.23. The first-order chi connectivity index (χ1) is 12.8. The Kier molecular flexibility index (Phi) is 7.61. The molecule has 3 nitrogen and oxygen atoms in total. The predicted octanol–water partition coefficient (Wildman–Crippen LogP) is 4.87. The second-order valence-corrected chi connectivity index (χ2v) is 8.47. The molecule has 2 aromatic rings. The maximum absolute atomic E-state index is 12.8. The Bertz CT molecular complexity index is 750. The van der Waals surface area contributed by atoms with Crippen LogP contribution in [0.5, 0.6) is 0 Å². The van der Waals surface area contributed by atoms with Gasteiger partial charge in [0.25, 0.3) is 5.91 Å². The highest BCUT2D eigenvalue weighted by molar-refractivity contribution is 5.95. The van der Waals surface area contributed by atoms with Gasteiger partial charge in [-0.05, 0) is 61.2 Å². The van der Waals surface area contributed by atoms with Gasteiger partial charge in [-0.15, -0.1) is 0 Å². The zero-order valence-corrected chi connectivity index (χ0v) is 17.6. The molecular weight excluding hydrogens is 332 g/mol. The number of rotatable bonds is 8. The Morgan fingerprint density at radius 1 is 0.963 bits per heavy atom. The first kappa shape index (κ1) is 21.2. The lowest BCUT2D eigenvalue weighted by Crippen LogP contribution is -2.45. The van der Waals surface area contributed by atoms with E-state index >= 15 is 0 Å². The van der Waals surface area contributed by atoms with Crippen molar-refractivity contribution in [2.24, 2.45) is 11.8 Å². The van der Waals surface area contributed by atoms with Crippen molar-refractivity contribution < 1.29 is 4.79 Å². The van der Waals surface area contributed by atoms with Crippen molar-refractivity contribution in [2.45, 2.75) is 40.2 Å². The lowest BCUT2D eigenvalue weighted by molar-refractivity contribution is 0.0916. The van der Waals surface area contributed by atoms with Crippen LogP contribution >= 0.6 is 0 Å². The van der Waals surface area contributed by atoms with Gasteiger partial charge in [0, 0.05) is 18.2 Å². The minimum absolute atomic E-state index is 0.00395. The normalized spacial score (nSPS) is 12.6. The highest BCUT2D eigenvalue weighted by Gasteiger charge is 2.18. The van der Waals surface area contributed by atoms with Crippen LogP contribution in [-0.2, 0) is 6.42 Å². The van der Waals surface area contributed by atoms with Crippen LogP contribution in [0, 0.1) is 11.8 Å². The Morgan fingerprint density at radius 3 is 2.19 bits per heavy atom. The Balaban J connectivity index is 2.20. The summed E-state index contributed by atoms with van der Waals surface area (Å²) in [5.41, 5.74) is 4.30. The van der Waals surface area contributed by atoms with Crippen molar-refractivity contribution in [1.82, 2.24) is 10.2 Å². The molecule has 0 unspecified atom stereocenters. The third-order valence-electron chi connectivity index (χ3n) is 4.71. The molecule has 0 aliphatic carbocycles. The molecule has 0 spiro atoms. The number of benzene rings is 2. The van der Waals surface area contributed by atoms with Crippen molar-refractivity contribution in [3.63, 3.8) is 0 Å². The molecule has 27 heavy (non-hydrogen) atoms. The summed E-state index contributed by atoms with van der Waals surface area (Å²) in [5, 5.41) is 3.20. The molecule has 2 aromatic carbocycles. The van der Waals surface area contributed by atoms with Crippen LogP contribution in [0.3, 0.4) is 0 Å². The second kappa shape index (κ2) is 9.70. The molecule has 0 aliphatic rings. The van der Waals surface area contributed by atoms with Gasteiger partial charge in [0.15, 0.2) is 0 Å². The van der Waals surface area contributed by atoms with E-state index in [0.717, 1.165) is 24.1 Å². The van der Waals surface area contributed by atoms with E-state index in [9.17, 15) is 4.79 Å². The lowest BCUT2D eigenvalue weighted by atomic mass is 9.97. The molecule has 1 N–H and O–H groups in total. The van der Waals surface area contributed by atoms with E-state index in [1.54, 1.807) is 0 Å². The van der Waals surface area contributed by atoms with Crippen molar-refractivity contribution in [3.8, 4) is 11.1 Å². The van der Waals surface area contributed by atoms with E-state index in [1.807, 2.05) is 32.3 Å². The van der Waals surface area contributed by atoms with Gasteiger partial charge in [0.2, 0.25) is 0 Å². The standard InChI is InChI=1S/C24H34N2O/c1-17(2)13-19-9-7-10-20(14-19)21-11-8-12-22(15-21)24(27)25-23(18(3)4)16-26(5)6/h7-12,14-15,17-18,23H,13,16H2,1-6H3,(H,25,27)/t23-/m1/s1. The van der Waals surface area contributed by atoms with Crippen LogP contribution in [0.1, 0.15) is 43.6 Å². The van der Waals surface area contributed by atoms with Gasteiger partial charge in [0.1, 0.15) is 0 Å². The van der Waals surface area contributed by atoms with Gasteiger partial charge in [-0.3, -0.25) is 4.79 Å². The van der Waals surface area contributed by atoms with Gasteiger partial charge in [0.05, 0.1) is 0 Å². The molecule has 0 radical (unpaired) electrons. The van der Waals surface area contributed by atoms with Gasteiger partial charge in [-0.1, -0.05) is 64.1 Å². The number of amides is 1. The number of hydrogen-bond donors (Lipinski definition) is 1. The minimum Gasteiger partial charge on any atom is -0.348 e. The van der Waals surface area contributed by atoms with Gasteiger partial charge in [-0.2, -0.15) is 0 Å². The summed E-state index contributed by atoms with van der Waals surface area (Å²) < 4.78 is 0. The van der Waals surface area contributed by atoms with E-state index in [2.05, 4.69) is 68.2 Å².